The van der Waals surface area contributed by atoms with Crippen LogP contribution >= 0.6 is 11.3 Å². The first-order valence-corrected chi connectivity index (χ1v) is 7.83. The van der Waals surface area contributed by atoms with Crippen molar-refractivity contribution < 1.29 is 0 Å². The lowest BCUT2D eigenvalue weighted by Crippen LogP contribution is -2.07. The Labute approximate surface area is 119 Å². The smallest absolute Gasteiger partial charge is 0.136 e. The normalized spacial score (nSPS) is 10.6. The van der Waals surface area contributed by atoms with E-state index >= 15 is 0 Å². The topological polar surface area (TPSA) is 37.8 Å². The van der Waals surface area contributed by atoms with Gasteiger partial charge in [-0.1, -0.05) is 26.3 Å². The second-order valence-electron chi connectivity index (χ2n) is 4.59. The van der Waals surface area contributed by atoms with Gasteiger partial charge in [0.2, 0.25) is 0 Å². The Morgan fingerprint density at radius 1 is 1.21 bits per heavy atom. The molecule has 0 aromatic carbocycles. The van der Waals surface area contributed by atoms with Crippen LogP contribution in [0, 0.1) is 0 Å². The molecule has 0 radical (unpaired) electrons. The number of nitrogens with one attached hydrogen (secondary N) is 1. The minimum absolute atomic E-state index is 0.829. The van der Waals surface area contributed by atoms with Gasteiger partial charge in [0, 0.05) is 29.6 Å². The van der Waals surface area contributed by atoms with E-state index in [-0.39, 0.29) is 0 Å². The van der Waals surface area contributed by atoms with Crippen molar-refractivity contribution >= 4 is 17.2 Å². The Morgan fingerprint density at radius 3 is 2.79 bits per heavy atom. The molecule has 2 aromatic heterocycles. The van der Waals surface area contributed by atoms with Gasteiger partial charge in [-0.2, -0.15) is 0 Å². The first kappa shape index (κ1) is 14.0. The third-order valence-corrected chi connectivity index (χ3v) is 3.68. The van der Waals surface area contributed by atoms with E-state index in [4.69, 9.17) is 0 Å². The number of anilines is 1. The zero-order valence-corrected chi connectivity index (χ0v) is 12.5. The van der Waals surface area contributed by atoms with Crippen LogP contribution in [0.1, 0.15) is 43.1 Å². The van der Waals surface area contributed by atoms with Crippen LogP contribution in [0.4, 0.5) is 5.82 Å². The van der Waals surface area contributed by atoms with E-state index in [0.29, 0.717) is 0 Å². The fourth-order valence-electron chi connectivity index (χ4n) is 1.93. The molecule has 0 fully saturated rings. The molecule has 1 N–H and O–H groups in total. The molecule has 3 nitrogen and oxygen atoms in total. The molecular weight excluding hydrogens is 254 g/mol. The van der Waals surface area contributed by atoms with Crippen LogP contribution in [0.25, 0.3) is 0 Å². The van der Waals surface area contributed by atoms with E-state index in [1.807, 2.05) is 0 Å². The van der Waals surface area contributed by atoms with Crippen LogP contribution in [-0.4, -0.2) is 16.5 Å². The van der Waals surface area contributed by atoms with Gasteiger partial charge in [0.25, 0.3) is 0 Å². The molecule has 2 rings (SSSR count). The van der Waals surface area contributed by atoms with Gasteiger partial charge in [-0.15, -0.1) is 11.3 Å². The zero-order chi connectivity index (χ0) is 13.5. The van der Waals surface area contributed by atoms with Crippen LogP contribution in [0.3, 0.4) is 0 Å². The quantitative estimate of drug-likeness (QED) is 0.832. The average molecular weight is 275 g/mol. The monoisotopic (exact) mass is 275 g/mol. The second-order valence-corrected chi connectivity index (χ2v) is 5.63. The number of rotatable bonds is 7. The maximum absolute atomic E-state index is 4.66. The van der Waals surface area contributed by atoms with Crippen molar-refractivity contribution in [2.24, 2.45) is 0 Å². The average Bonchev–Trinajstić information content (AvgIpc) is 2.89. The summed E-state index contributed by atoms with van der Waals surface area (Å²) in [5.74, 6) is 1.89. The maximum Gasteiger partial charge on any atom is 0.136 e. The van der Waals surface area contributed by atoms with E-state index in [2.05, 4.69) is 52.7 Å². The number of thiophene rings is 1. The second kappa shape index (κ2) is 7.24. The summed E-state index contributed by atoms with van der Waals surface area (Å²) in [6, 6.07) is 6.29. The van der Waals surface area contributed by atoms with Crippen LogP contribution in [0.2, 0.25) is 0 Å². The van der Waals surface area contributed by atoms with Crippen molar-refractivity contribution in [3.8, 4) is 0 Å². The molecule has 19 heavy (non-hydrogen) atoms. The third-order valence-electron chi connectivity index (χ3n) is 2.80. The SMILES string of the molecule is CCCNc1cc(CCC)nc(Cc2cccs2)n1. The van der Waals surface area contributed by atoms with Crippen LogP contribution in [-0.2, 0) is 12.8 Å². The zero-order valence-electron chi connectivity index (χ0n) is 11.6. The standard InChI is InChI=1S/C15H21N3S/c1-3-6-12-10-14(16-8-4-2)18-15(17-12)11-13-7-5-9-19-13/h5,7,9-10H,3-4,6,8,11H2,1-2H3,(H,16,17,18). The van der Waals surface area contributed by atoms with Crippen molar-refractivity contribution in [3.05, 3.63) is 40.0 Å². The predicted molar refractivity (Wildman–Crippen MR) is 81.9 cm³/mol. The summed E-state index contributed by atoms with van der Waals surface area (Å²) in [4.78, 5) is 10.6. The highest BCUT2D eigenvalue weighted by Gasteiger charge is 2.06. The fraction of sp³-hybridized carbons (Fsp3) is 0.467. The number of nitrogens with zero attached hydrogens (tertiary/aromatic N) is 2. The Balaban J connectivity index is 2.17. The lowest BCUT2D eigenvalue weighted by atomic mass is 10.2. The number of hydrogen-bond acceptors (Lipinski definition) is 4. The highest BCUT2D eigenvalue weighted by Crippen LogP contribution is 2.15. The Hall–Kier alpha value is -1.42. The molecule has 0 saturated heterocycles. The number of aromatic nitrogens is 2. The van der Waals surface area contributed by atoms with Gasteiger partial charge in [-0.05, 0) is 24.3 Å². The van der Waals surface area contributed by atoms with Gasteiger partial charge < -0.3 is 5.32 Å². The Bertz CT molecular complexity index is 494. The van der Waals surface area contributed by atoms with Gasteiger partial charge in [0.15, 0.2) is 0 Å². The van der Waals surface area contributed by atoms with Crippen LogP contribution in [0.15, 0.2) is 23.6 Å². The van der Waals surface area contributed by atoms with Crippen molar-refractivity contribution in [3.63, 3.8) is 0 Å². The van der Waals surface area contributed by atoms with Crippen molar-refractivity contribution in [1.29, 1.82) is 0 Å². The van der Waals surface area contributed by atoms with E-state index in [9.17, 15) is 0 Å². The first-order valence-electron chi connectivity index (χ1n) is 6.95. The molecule has 0 unspecified atom stereocenters. The summed E-state index contributed by atoms with van der Waals surface area (Å²) in [5, 5.41) is 5.46. The van der Waals surface area contributed by atoms with Gasteiger partial charge in [-0.3, -0.25) is 0 Å². The molecule has 0 aliphatic rings. The van der Waals surface area contributed by atoms with E-state index < -0.39 is 0 Å². The summed E-state index contributed by atoms with van der Waals surface area (Å²) >= 11 is 1.76. The van der Waals surface area contributed by atoms with Crippen molar-refractivity contribution in [1.82, 2.24) is 9.97 Å². The lowest BCUT2D eigenvalue weighted by molar-refractivity contribution is 0.840. The molecule has 0 atom stereocenters. The van der Waals surface area contributed by atoms with E-state index in [1.165, 1.54) is 4.88 Å². The van der Waals surface area contributed by atoms with E-state index in [0.717, 1.165) is 49.6 Å². The van der Waals surface area contributed by atoms with Gasteiger partial charge in [0.05, 0.1) is 0 Å². The van der Waals surface area contributed by atoms with Crippen molar-refractivity contribution in [2.75, 3.05) is 11.9 Å². The molecule has 2 aromatic rings. The van der Waals surface area contributed by atoms with Crippen molar-refractivity contribution in [2.45, 2.75) is 39.5 Å². The summed E-state index contributed by atoms with van der Waals surface area (Å²) in [6.07, 6.45) is 4.06. The Kier molecular flexibility index (Phi) is 5.33. The molecule has 0 saturated carbocycles. The number of aryl methyl sites for hydroxylation is 1. The fourth-order valence-corrected chi connectivity index (χ4v) is 2.63. The molecule has 0 spiro atoms. The van der Waals surface area contributed by atoms with Crippen LogP contribution in [0.5, 0.6) is 0 Å². The summed E-state index contributed by atoms with van der Waals surface area (Å²) in [6.45, 7) is 5.30. The molecule has 4 heteroatoms. The molecule has 0 aliphatic carbocycles. The summed E-state index contributed by atoms with van der Waals surface area (Å²) < 4.78 is 0. The summed E-state index contributed by atoms with van der Waals surface area (Å²) in [7, 11) is 0. The summed E-state index contributed by atoms with van der Waals surface area (Å²) in [5.41, 5.74) is 1.14. The first-order chi connectivity index (χ1) is 9.31. The minimum atomic E-state index is 0.829. The maximum atomic E-state index is 4.66. The molecule has 0 aliphatic heterocycles. The van der Waals surface area contributed by atoms with Gasteiger partial charge in [0.1, 0.15) is 11.6 Å². The molecular formula is C15H21N3S. The number of hydrogen-bond donors (Lipinski definition) is 1. The van der Waals surface area contributed by atoms with Crippen LogP contribution < -0.4 is 5.32 Å². The minimum Gasteiger partial charge on any atom is -0.370 e. The van der Waals surface area contributed by atoms with Gasteiger partial charge >= 0.3 is 0 Å². The molecule has 0 amide bonds. The van der Waals surface area contributed by atoms with Gasteiger partial charge in [-0.25, -0.2) is 9.97 Å². The largest absolute Gasteiger partial charge is 0.370 e. The highest BCUT2D eigenvalue weighted by atomic mass is 32.1. The Morgan fingerprint density at radius 2 is 2.11 bits per heavy atom. The highest BCUT2D eigenvalue weighted by molar-refractivity contribution is 7.09. The molecule has 102 valence electrons. The predicted octanol–water partition coefficient (Wildman–Crippen LogP) is 3.90. The molecule has 0 bridgehead atoms. The third kappa shape index (κ3) is 4.31. The van der Waals surface area contributed by atoms with E-state index in [1.54, 1.807) is 11.3 Å². The molecule has 2 heterocycles. The lowest BCUT2D eigenvalue weighted by Gasteiger charge is -2.08.